The summed E-state index contributed by atoms with van der Waals surface area (Å²) in [7, 11) is 2.29. The second kappa shape index (κ2) is 1.80. The summed E-state index contributed by atoms with van der Waals surface area (Å²) in [5.74, 6) is 0. The zero-order chi connectivity index (χ0) is 4.57. The van der Waals surface area contributed by atoms with E-state index in [1.807, 2.05) is 10.8 Å². The Kier molecular flexibility index (Phi) is 1.52. The fraction of sp³-hybridized carbons (Fsp3) is 1.00. The quantitative estimate of drug-likeness (QED) is 0.397. The van der Waals surface area contributed by atoms with E-state index in [9.17, 15) is 0 Å². The van der Waals surface area contributed by atoms with Crippen molar-refractivity contribution in [2.75, 3.05) is 0 Å². The van der Waals surface area contributed by atoms with Crippen LogP contribution >= 0.6 is 10.8 Å². The molecule has 0 aromatic heterocycles. The van der Waals surface area contributed by atoms with E-state index in [0.717, 1.165) is 4.58 Å². The van der Waals surface area contributed by atoms with Gasteiger partial charge in [-0.25, -0.2) is 0 Å². The van der Waals surface area contributed by atoms with Crippen molar-refractivity contribution in [1.29, 1.82) is 0 Å². The van der Waals surface area contributed by atoms with Gasteiger partial charge in [0, 0.05) is 0 Å². The van der Waals surface area contributed by atoms with Crippen molar-refractivity contribution >= 4 is 30.5 Å². The summed E-state index contributed by atoms with van der Waals surface area (Å²) >= 11 is 4.94. The highest BCUT2D eigenvalue weighted by atomic mass is 33.4. The SMILES string of the molecule is CCC1SS1=S. The van der Waals surface area contributed by atoms with Crippen LogP contribution < -0.4 is 0 Å². The molecule has 1 aliphatic rings. The maximum atomic E-state index is 4.94. The molecule has 0 N–H and O–H groups in total. The van der Waals surface area contributed by atoms with E-state index >= 15 is 0 Å². The van der Waals surface area contributed by atoms with Gasteiger partial charge in [0.15, 0.2) is 0 Å². The Morgan fingerprint density at radius 2 is 2.50 bits per heavy atom. The van der Waals surface area contributed by atoms with Gasteiger partial charge in [0.05, 0.1) is 4.58 Å². The summed E-state index contributed by atoms with van der Waals surface area (Å²) in [5.41, 5.74) is 0. The zero-order valence-corrected chi connectivity index (χ0v) is 5.96. The zero-order valence-electron chi connectivity index (χ0n) is 3.51. The molecule has 1 aliphatic heterocycles. The monoisotopic (exact) mass is 138 g/mol. The van der Waals surface area contributed by atoms with E-state index in [0.29, 0.717) is 8.49 Å². The Bertz CT molecular complexity index is 78.1. The molecule has 3 heteroatoms. The Hall–Kier alpha value is 0.920. The van der Waals surface area contributed by atoms with E-state index in [1.54, 1.807) is 0 Å². The van der Waals surface area contributed by atoms with Gasteiger partial charge in [-0.2, -0.15) is 0 Å². The molecule has 0 nitrogen and oxygen atoms in total. The van der Waals surface area contributed by atoms with Crippen LogP contribution in [0.4, 0.5) is 0 Å². The molecule has 36 valence electrons. The second-order valence-corrected chi connectivity index (χ2v) is 6.71. The van der Waals surface area contributed by atoms with Gasteiger partial charge in [-0.15, -0.1) is 0 Å². The fourth-order valence-electron chi connectivity index (χ4n) is 0.287. The first-order valence-electron chi connectivity index (χ1n) is 1.92. The van der Waals surface area contributed by atoms with Crippen molar-refractivity contribution in [3.63, 3.8) is 0 Å². The number of rotatable bonds is 1. The normalized spacial score (nSPS) is 42.8. The lowest BCUT2D eigenvalue weighted by Gasteiger charge is -1.69. The Morgan fingerprint density at radius 3 is 2.50 bits per heavy atom. The molecule has 1 fully saturated rings. The van der Waals surface area contributed by atoms with E-state index in [1.165, 1.54) is 6.42 Å². The molecule has 0 bridgehead atoms. The van der Waals surface area contributed by atoms with Crippen LogP contribution in [0.25, 0.3) is 0 Å². The minimum atomic E-state index is 0.351. The van der Waals surface area contributed by atoms with Crippen molar-refractivity contribution in [3.05, 3.63) is 0 Å². The average Bonchev–Trinajstić information content (AvgIpc) is 2.19. The van der Waals surface area contributed by atoms with Crippen LogP contribution in [0.3, 0.4) is 0 Å². The summed E-state index contributed by atoms with van der Waals surface area (Å²) in [5, 5.41) is 0. The van der Waals surface area contributed by atoms with Gasteiger partial charge >= 0.3 is 0 Å². The molecule has 1 saturated heterocycles. The van der Waals surface area contributed by atoms with Crippen LogP contribution in [0.5, 0.6) is 0 Å². The van der Waals surface area contributed by atoms with Gasteiger partial charge in [-0.3, -0.25) is 0 Å². The third-order valence-electron chi connectivity index (χ3n) is 0.712. The summed E-state index contributed by atoms with van der Waals surface area (Å²) < 4.78 is 0.861. The molecule has 2 atom stereocenters. The molecule has 0 aromatic rings. The Morgan fingerprint density at radius 1 is 2.00 bits per heavy atom. The maximum absolute atomic E-state index is 4.94. The third-order valence-corrected chi connectivity index (χ3v) is 5.82. The van der Waals surface area contributed by atoms with Gasteiger partial charge < -0.3 is 0 Å². The molecule has 2 unspecified atom stereocenters. The van der Waals surface area contributed by atoms with Crippen LogP contribution in [0.2, 0.25) is 0 Å². The first-order chi connectivity index (χ1) is 2.84. The standard InChI is InChI=1S/C3H6S3/c1-2-3-5-6(3)4/h3H,2H2,1H3. The topological polar surface area (TPSA) is 0 Å². The lowest BCUT2D eigenvalue weighted by Crippen LogP contribution is -1.72. The lowest BCUT2D eigenvalue weighted by molar-refractivity contribution is 1.08. The Labute approximate surface area is 48.7 Å². The second-order valence-electron chi connectivity index (χ2n) is 1.19. The first-order valence-corrected chi connectivity index (χ1v) is 5.53. The van der Waals surface area contributed by atoms with Gasteiger partial charge in [0.1, 0.15) is 0 Å². The molecule has 0 saturated carbocycles. The molecule has 1 heterocycles. The van der Waals surface area contributed by atoms with E-state index in [4.69, 9.17) is 11.2 Å². The van der Waals surface area contributed by atoms with Crippen LogP contribution in [0.1, 0.15) is 13.3 Å². The van der Waals surface area contributed by atoms with Gasteiger partial charge in [-0.1, -0.05) is 17.7 Å². The van der Waals surface area contributed by atoms with Crippen LogP contribution in [-0.2, 0) is 19.7 Å². The average molecular weight is 138 g/mol. The molecule has 0 radical (unpaired) electrons. The molecular weight excluding hydrogens is 132 g/mol. The van der Waals surface area contributed by atoms with Crippen molar-refractivity contribution in [3.8, 4) is 0 Å². The van der Waals surface area contributed by atoms with E-state index in [2.05, 4.69) is 6.92 Å². The van der Waals surface area contributed by atoms with E-state index in [-0.39, 0.29) is 0 Å². The molecule has 0 spiro atoms. The fourth-order valence-corrected chi connectivity index (χ4v) is 4.24. The highest BCUT2D eigenvalue weighted by Crippen LogP contribution is 2.41. The lowest BCUT2D eigenvalue weighted by atomic mass is 10.6. The maximum Gasteiger partial charge on any atom is 0.0749 e. The number of hydrogen-bond acceptors (Lipinski definition) is 2. The molecule has 0 aromatic carbocycles. The van der Waals surface area contributed by atoms with Gasteiger partial charge in [0.25, 0.3) is 0 Å². The van der Waals surface area contributed by atoms with Gasteiger partial charge in [0.2, 0.25) is 0 Å². The van der Waals surface area contributed by atoms with Crippen molar-refractivity contribution in [2.45, 2.75) is 17.9 Å². The molecule has 0 amide bonds. The van der Waals surface area contributed by atoms with Crippen LogP contribution in [0.15, 0.2) is 0 Å². The Balaban J connectivity index is 2.26. The summed E-state index contributed by atoms with van der Waals surface area (Å²) in [6.45, 7) is 2.19. The van der Waals surface area contributed by atoms with Crippen molar-refractivity contribution < 1.29 is 0 Å². The summed E-state index contributed by atoms with van der Waals surface area (Å²) in [6, 6.07) is 0. The molecular formula is C3H6S3. The predicted molar refractivity (Wildman–Crippen MR) is 36.4 cm³/mol. The predicted octanol–water partition coefficient (Wildman–Crippen LogP) is 1.46. The molecule has 0 aliphatic carbocycles. The van der Waals surface area contributed by atoms with Gasteiger partial charge in [-0.05, 0) is 26.1 Å². The van der Waals surface area contributed by atoms with E-state index < -0.39 is 0 Å². The summed E-state index contributed by atoms with van der Waals surface area (Å²) in [6.07, 6.45) is 1.28. The summed E-state index contributed by atoms with van der Waals surface area (Å²) in [4.78, 5) is 0. The first kappa shape index (κ1) is 5.06. The smallest absolute Gasteiger partial charge is 0.0731 e. The van der Waals surface area contributed by atoms with Crippen LogP contribution in [0, 0.1) is 0 Å². The number of hydrogen-bond donors (Lipinski definition) is 0. The highest BCUT2D eigenvalue weighted by molar-refractivity contribution is 8.96. The molecule has 1 rings (SSSR count). The van der Waals surface area contributed by atoms with Crippen molar-refractivity contribution in [2.24, 2.45) is 0 Å². The van der Waals surface area contributed by atoms with Crippen molar-refractivity contribution in [1.82, 2.24) is 0 Å². The minimum Gasteiger partial charge on any atom is -0.0731 e. The van der Waals surface area contributed by atoms with Crippen LogP contribution in [-0.4, -0.2) is 4.58 Å². The molecule has 6 heavy (non-hydrogen) atoms. The largest absolute Gasteiger partial charge is 0.0749 e. The third kappa shape index (κ3) is 0.950. The highest BCUT2D eigenvalue weighted by Gasteiger charge is 2.26. The minimum absolute atomic E-state index is 0.351.